The number of aryl methyl sites for hydroxylation is 1. The van der Waals surface area contributed by atoms with Gasteiger partial charge in [0.2, 0.25) is 11.9 Å². The third kappa shape index (κ3) is 3.30. The number of hydrogen-bond acceptors (Lipinski definition) is 5. The Labute approximate surface area is 129 Å². The van der Waals surface area contributed by atoms with Gasteiger partial charge in [0.05, 0.1) is 6.61 Å². The van der Waals surface area contributed by atoms with Crippen molar-refractivity contribution in [2.75, 3.05) is 38.2 Å². The topological polar surface area (TPSA) is 87.3 Å². The van der Waals surface area contributed by atoms with Crippen LogP contribution in [0.4, 0.5) is 5.95 Å². The molecule has 0 aromatic carbocycles. The second-order valence-corrected chi connectivity index (χ2v) is 6.28. The molecule has 7 nitrogen and oxygen atoms in total. The van der Waals surface area contributed by atoms with E-state index in [1.807, 2.05) is 4.90 Å². The number of nitrogens with zero attached hydrogens (tertiary/aromatic N) is 2. The minimum absolute atomic E-state index is 0.157. The van der Waals surface area contributed by atoms with Gasteiger partial charge in [-0.2, -0.15) is 0 Å². The Morgan fingerprint density at radius 2 is 2.32 bits per heavy atom. The van der Waals surface area contributed by atoms with Crippen LogP contribution in [0.5, 0.6) is 0 Å². The zero-order valence-electron chi connectivity index (χ0n) is 12.9. The van der Waals surface area contributed by atoms with Crippen molar-refractivity contribution in [2.24, 2.45) is 5.41 Å². The summed E-state index contributed by atoms with van der Waals surface area (Å²) in [6.45, 7) is 5.28. The van der Waals surface area contributed by atoms with E-state index in [1.54, 1.807) is 6.92 Å². The van der Waals surface area contributed by atoms with Crippen LogP contribution in [0.1, 0.15) is 25.0 Å². The summed E-state index contributed by atoms with van der Waals surface area (Å²) in [7, 11) is 0. The number of likely N-dealkylation sites (tertiary alicyclic amines) is 1. The molecule has 1 spiro atoms. The highest BCUT2D eigenvalue weighted by Crippen LogP contribution is 2.37. The maximum Gasteiger partial charge on any atom is 0.252 e. The quantitative estimate of drug-likeness (QED) is 0.847. The van der Waals surface area contributed by atoms with Gasteiger partial charge in [-0.05, 0) is 19.8 Å². The van der Waals surface area contributed by atoms with Gasteiger partial charge in [-0.15, -0.1) is 0 Å². The second-order valence-electron chi connectivity index (χ2n) is 6.28. The Kier molecular flexibility index (Phi) is 4.15. The number of ether oxygens (including phenoxy) is 1. The molecule has 1 amide bonds. The van der Waals surface area contributed by atoms with E-state index in [2.05, 4.69) is 15.3 Å². The van der Waals surface area contributed by atoms with Crippen LogP contribution in [0.2, 0.25) is 0 Å². The molecule has 0 bridgehead atoms. The highest BCUT2D eigenvalue weighted by Gasteiger charge is 2.41. The number of piperidine rings is 1. The molecular formula is C15H22N4O3. The van der Waals surface area contributed by atoms with Crippen LogP contribution in [0.15, 0.2) is 10.9 Å². The number of anilines is 1. The summed E-state index contributed by atoms with van der Waals surface area (Å²) in [6.07, 6.45) is 2.57. The molecule has 3 heterocycles. The van der Waals surface area contributed by atoms with Gasteiger partial charge in [0.15, 0.2) is 0 Å². The second kappa shape index (κ2) is 6.08. The van der Waals surface area contributed by atoms with Gasteiger partial charge in [0, 0.05) is 49.8 Å². The van der Waals surface area contributed by atoms with Crippen LogP contribution in [0, 0.1) is 12.3 Å². The van der Waals surface area contributed by atoms with Gasteiger partial charge in [-0.3, -0.25) is 14.6 Å². The molecule has 0 radical (unpaired) electrons. The van der Waals surface area contributed by atoms with Crippen LogP contribution >= 0.6 is 0 Å². The first-order chi connectivity index (χ1) is 10.6. The maximum atomic E-state index is 12.1. The number of aromatic amines is 1. The van der Waals surface area contributed by atoms with E-state index >= 15 is 0 Å². The number of rotatable bonds is 4. The van der Waals surface area contributed by atoms with E-state index in [1.165, 1.54) is 6.07 Å². The standard InChI is InChI=1S/C15H22N4O3/c1-11-8-12(20)18-14(17-11)16-5-6-19-9-15(3-2-13(19)21)4-7-22-10-15/h8H,2-7,9-10H2,1H3,(H2,16,17,18,20). The van der Waals surface area contributed by atoms with Crippen molar-refractivity contribution in [2.45, 2.75) is 26.2 Å². The fourth-order valence-electron chi connectivity index (χ4n) is 3.25. The van der Waals surface area contributed by atoms with Gasteiger partial charge >= 0.3 is 0 Å². The number of H-pyrrole nitrogens is 1. The molecule has 1 atom stereocenters. The first-order valence-electron chi connectivity index (χ1n) is 7.74. The number of carbonyl (C=O) groups is 1. The maximum absolute atomic E-state index is 12.1. The van der Waals surface area contributed by atoms with Crippen LogP contribution in [0.3, 0.4) is 0 Å². The van der Waals surface area contributed by atoms with Crippen molar-refractivity contribution in [3.8, 4) is 0 Å². The zero-order valence-corrected chi connectivity index (χ0v) is 12.9. The Balaban J connectivity index is 1.55. The SMILES string of the molecule is Cc1cc(=O)[nH]c(NCCN2CC3(CCOC3)CCC2=O)n1. The van der Waals surface area contributed by atoms with Gasteiger partial charge in [-0.25, -0.2) is 4.98 Å². The normalized spacial score (nSPS) is 25.0. The Hall–Kier alpha value is -1.89. The third-order valence-corrected chi connectivity index (χ3v) is 4.48. The molecular weight excluding hydrogens is 284 g/mol. The number of carbonyl (C=O) groups excluding carboxylic acids is 1. The minimum atomic E-state index is -0.175. The average Bonchev–Trinajstić information content (AvgIpc) is 2.90. The minimum Gasteiger partial charge on any atom is -0.381 e. The first-order valence-corrected chi connectivity index (χ1v) is 7.74. The number of amides is 1. The van der Waals surface area contributed by atoms with E-state index < -0.39 is 0 Å². The van der Waals surface area contributed by atoms with Gasteiger partial charge in [-0.1, -0.05) is 0 Å². The summed E-state index contributed by atoms with van der Waals surface area (Å²) < 4.78 is 5.52. The smallest absolute Gasteiger partial charge is 0.252 e. The molecule has 2 N–H and O–H groups in total. The predicted octanol–water partition coefficient (Wildman–Crippen LogP) is 0.519. The van der Waals surface area contributed by atoms with E-state index in [0.717, 1.165) is 32.6 Å². The lowest BCUT2D eigenvalue weighted by atomic mass is 9.79. The fourth-order valence-corrected chi connectivity index (χ4v) is 3.25. The van der Waals surface area contributed by atoms with Crippen molar-refractivity contribution in [1.29, 1.82) is 0 Å². The molecule has 1 aromatic heterocycles. The Morgan fingerprint density at radius 1 is 1.45 bits per heavy atom. The summed E-state index contributed by atoms with van der Waals surface area (Å²) in [5.41, 5.74) is 0.651. The van der Waals surface area contributed by atoms with Crippen molar-refractivity contribution < 1.29 is 9.53 Å². The Bertz CT molecular complexity index is 607. The van der Waals surface area contributed by atoms with Gasteiger partial charge in [0.1, 0.15) is 0 Å². The Morgan fingerprint density at radius 3 is 3.05 bits per heavy atom. The lowest BCUT2D eigenvalue weighted by molar-refractivity contribution is -0.137. The van der Waals surface area contributed by atoms with E-state index in [9.17, 15) is 9.59 Å². The molecule has 2 saturated heterocycles. The average molecular weight is 306 g/mol. The van der Waals surface area contributed by atoms with Gasteiger partial charge in [0.25, 0.3) is 5.56 Å². The van der Waals surface area contributed by atoms with Crippen LogP contribution < -0.4 is 10.9 Å². The summed E-state index contributed by atoms with van der Waals surface area (Å²) in [5, 5.41) is 3.08. The molecule has 0 aliphatic carbocycles. The van der Waals surface area contributed by atoms with Crippen LogP contribution in [0.25, 0.3) is 0 Å². The summed E-state index contributed by atoms with van der Waals surface area (Å²) in [6, 6.07) is 1.45. The van der Waals surface area contributed by atoms with Crippen LogP contribution in [-0.4, -0.2) is 53.6 Å². The summed E-state index contributed by atoms with van der Waals surface area (Å²) >= 11 is 0. The van der Waals surface area contributed by atoms with Crippen molar-refractivity contribution in [3.05, 3.63) is 22.1 Å². The highest BCUT2D eigenvalue weighted by atomic mass is 16.5. The lowest BCUT2D eigenvalue weighted by Gasteiger charge is -2.39. The number of nitrogens with one attached hydrogen (secondary N) is 2. The monoisotopic (exact) mass is 306 g/mol. The molecule has 3 rings (SSSR count). The van der Waals surface area contributed by atoms with E-state index in [-0.39, 0.29) is 16.9 Å². The molecule has 2 aliphatic rings. The van der Waals surface area contributed by atoms with Crippen molar-refractivity contribution in [3.63, 3.8) is 0 Å². The molecule has 7 heteroatoms. The van der Waals surface area contributed by atoms with Gasteiger partial charge < -0.3 is 15.0 Å². The van der Waals surface area contributed by atoms with Crippen LogP contribution in [-0.2, 0) is 9.53 Å². The summed E-state index contributed by atoms with van der Waals surface area (Å²) in [5.74, 6) is 0.651. The number of hydrogen-bond donors (Lipinski definition) is 2. The predicted molar refractivity (Wildman–Crippen MR) is 81.8 cm³/mol. The highest BCUT2D eigenvalue weighted by molar-refractivity contribution is 5.77. The summed E-state index contributed by atoms with van der Waals surface area (Å²) in [4.78, 5) is 32.2. The van der Waals surface area contributed by atoms with Crippen molar-refractivity contribution >= 4 is 11.9 Å². The largest absolute Gasteiger partial charge is 0.381 e. The third-order valence-electron chi connectivity index (χ3n) is 4.48. The molecule has 2 fully saturated rings. The molecule has 120 valence electrons. The molecule has 22 heavy (non-hydrogen) atoms. The first kappa shape index (κ1) is 15.0. The molecule has 1 unspecified atom stereocenters. The van der Waals surface area contributed by atoms with Crippen molar-refractivity contribution in [1.82, 2.24) is 14.9 Å². The fraction of sp³-hybridized carbons (Fsp3) is 0.667. The van der Waals surface area contributed by atoms with E-state index in [0.29, 0.717) is 31.2 Å². The zero-order chi connectivity index (χ0) is 15.6. The lowest BCUT2D eigenvalue weighted by Crippen LogP contribution is -2.48. The number of aromatic nitrogens is 2. The molecule has 0 saturated carbocycles. The van der Waals surface area contributed by atoms with E-state index in [4.69, 9.17) is 4.74 Å². The molecule has 1 aromatic rings. The molecule has 2 aliphatic heterocycles.